The van der Waals surface area contributed by atoms with Crippen LogP contribution in [-0.2, 0) is 6.54 Å². The minimum Gasteiger partial charge on any atom is -0.264 e. The number of thiazole rings is 1. The van der Waals surface area contributed by atoms with Crippen LogP contribution in [-0.4, -0.2) is 9.38 Å². The van der Waals surface area contributed by atoms with Crippen LogP contribution in [0.1, 0.15) is 5.56 Å². The molecular formula is C15H10N3S+. The summed E-state index contributed by atoms with van der Waals surface area (Å²) < 4.78 is 6.03. The lowest BCUT2D eigenvalue weighted by molar-refractivity contribution is -0.670. The zero-order valence-electron chi connectivity index (χ0n) is 10.1. The van der Waals surface area contributed by atoms with E-state index in [0.29, 0.717) is 0 Å². The van der Waals surface area contributed by atoms with Gasteiger partial charge in [-0.25, -0.2) is 4.57 Å². The molecule has 4 aromatic rings. The van der Waals surface area contributed by atoms with Gasteiger partial charge in [-0.3, -0.25) is 4.98 Å². The number of aromatic nitrogens is 3. The minimum absolute atomic E-state index is 0.932. The second-order valence-electron chi connectivity index (χ2n) is 4.86. The van der Waals surface area contributed by atoms with E-state index in [1.54, 1.807) is 0 Å². The Morgan fingerprint density at radius 3 is 3.16 bits per heavy atom. The van der Waals surface area contributed by atoms with Crippen LogP contribution in [0.3, 0.4) is 0 Å². The van der Waals surface area contributed by atoms with Crippen LogP contribution in [0.5, 0.6) is 0 Å². The minimum atomic E-state index is 0.932. The van der Waals surface area contributed by atoms with E-state index in [1.165, 1.54) is 32.0 Å². The highest BCUT2D eigenvalue weighted by Gasteiger charge is 2.31. The van der Waals surface area contributed by atoms with Crippen LogP contribution in [0.15, 0.2) is 48.9 Å². The van der Waals surface area contributed by atoms with Crippen molar-refractivity contribution >= 4 is 26.4 Å². The van der Waals surface area contributed by atoms with E-state index in [1.807, 2.05) is 23.7 Å². The third-order valence-electron chi connectivity index (χ3n) is 3.78. The fraction of sp³-hybridized carbons (Fsp3) is 0.0667. The van der Waals surface area contributed by atoms with Gasteiger partial charge < -0.3 is 0 Å². The van der Waals surface area contributed by atoms with Crippen molar-refractivity contribution in [2.24, 2.45) is 0 Å². The highest BCUT2D eigenvalue weighted by atomic mass is 32.1. The van der Waals surface area contributed by atoms with Gasteiger partial charge >= 0.3 is 0 Å². The molecule has 3 aromatic heterocycles. The Labute approximate surface area is 113 Å². The first kappa shape index (κ1) is 9.69. The Morgan fingerprint density at radius 2 is 2.16 bits per heavy atom. The molecule has 4 heterocycles. The summed E-state index contributed by atoms with van der Waals surface area (Å²) in [6.45, 7) is 0.932. The molecule has 0 bridgehead atoms. The van der Waals surface area contributed by atoms with Crippen molar-refractivity contribution in [1.29, 1.82) is 0 Å². The number of rotatable bonds is 0. The number of hydrogen-bond acceptors (Lipinski definition) is 2. The Balaban J connectivity index is 2.00. The van der Waals surface area contributed by atoms with Crippen LogP contribution in [0.25, 0.3) is 26.4 Å². The van der Waals surface area contributed by atoms with Crippen molar-refractivity contribution < 1.29 is 4.57 Å². The van der Waals surface area contributed by atoms with Crippen molar-refractivity contribution in [3.63, 3.8) is 0 Å². The second kappa shape index (κ2) is 3.22. The van der Waals surface area contributed by atoms with Gasteiger partial charge in [0, 0.05) is 18.0 Å². The molecule has 90 valence electrons. The van der Waals surface area contributed by atoms with Gasteiger partial charge in [-0.05, 0) is 18.2 Å². The molecule has 19 heavy (non-hydrogen) atoms. The third-order valence-corrected chi connectivity index (χ3v) is 4.84. The molecule has 0 radical (unpaired) electrons. The Bertz CT molecular complexity index is 949. The van der Waals surface area contributed by atoms with Crippen LogP contribution in [0.2, 0.25) is 0 Å². The molecule has 0 N–H and O–H groups in total. The standard InChI is InChI=1S/C15H10N3S/c1-2-4-13-12(3-1)18-14(19-13)9-17-8-10-7-16-6-5-11(10)15(17)18/h1-7,9H,8H2/q+1. The first-order valence-electron chi connectivity index (χ1n) is 6.27. The number of pyridine rings is 1. The molecule has 0 saturated heterocycles. The maximum absolute atomic E-state index is 4.23. The quantitative estimate of drug-likeness (QED) is 0.394. The summed E-state index contributed by atoms with van der Waals surface area (Å²) in [5.74, 6) is 1.28. The number of nitrogens with zero attached hydrogens (tertiary/aromatic N) is 3. The summed E-state index contributed by atoms with van der Waals surface area (Å²) in [7, 11) is 0. The van der Waals surface area contributed by atoms with E-state index < -0.39 is 0 Å². The largest absolute Gasteiger partial charge is 0.296 e. The molecular weight excluding hydrogens is 254 g/mol. The number of fused-ring (bicyclic) bond motifs is 7. The molecule has 3 nitrogen and oxygen atoms in total. The van der Waals surface area contributed by atoms with Crippen molar-refractivity contribution in [2.75, 3.05) is 0 Å². The summed E-state index contributed by atoms with van der Waals surface area (Å²) in [4.78, 5) is 5.53. The van der Waals surface area contributed by atoms with E-state index in [-0.39, 0.29) is 0 Å². The maximum Gasteiger partial charge on any atom is 0.296 e. The van der Waals surface area contributed by atoms with Crippen LogP contribution in [0.4, 0.5) is 0 Å². The van der Waals surface area contributed by atoms with Crippen LogP contribution in [0, 0.1) is 0 Å². The van der Waals surface area contributed by atoms with E-state index in [4.69, 9.17) is 0 Å². The van der Waals surface area contributed by atoms with Crippen molar-refractivity contribution in [3.05, 3.63) is 54.5 Å². The molecule has 1 aromatic carbocycles. The lowest BCUT2D eigenvalue weighted by atomic mass is 10.2. The summed E-state index contributed by atoms with van der Waals surface area (Å²) in [6.07, 6.45) is 6.10. The molecule has 1 aliphatic heterocycles. The van der Waals surface area contributed by atoms with E-state index >= 15 is 0 Å². The third kappa shape index (κ3) is 1.12. The van der Waals surface area contributed by atoms with Gasteiger partial charge in [-0.1, -0.05) is 23.5 Å². The van der Waals surface area contributed by atoms with Gasteiger partial charge in [0.25, 0.3) is 5.82 Å². The fourth-order valence-electron chi connectivity index (χ4n) is 2.98. The van der Waals surface area contributed by atoms with Gasteiger partial charge in [0.1, 0.15) is 12.7 Å². The molecule has 0 spiro atoms. The van der Waals surface area contributed by atoms with Gasteiger partial charge in [0.05, 0.1) is 10.3 Å². The van der Waals surface area contributed by atoms with Gasteiger partial charge in [-0.15, -0.1) is 0 Å². The average Bonchev–Trinajstić information content (AvgIpc) is 3.04. The zero-order chi connectivity index (χ0) is 12.4. The van der Waals surface area contributed by atoms with Crippen LogP contribution >= 0.6 is 11.3 Å². The predicted molar refractivity (Wildman–Crippen MR) is 75.3 cm³/mol. The Kier molecular flexibility index (Phi) is 1.64. The number of benzene rings is 1. The highest BCUT2D eigenvalue weighted by Crippen LogP contribution is 2.34. The molecule has 5 rings (SSSR count). The SMILES string of the molecule is c1ccc2c(c1)sc1c[n+]3c(n12)-c1ccncc1C3. The number of para-hydroxylation sites is 1. The molecule has 0 atom stereocenters. The molecule has 0 amide bonds. The van der Waals surface area contributed by atoms with Gasteiger partial charge in [0.15, 0.2) is 5.52 Å². The maximum atomic E-state index is 4.23. The normalized spacial score (nSPS) is 13.1. The topological polar surface area (TPSA) is 21.2 Å². The highest BCUT2D eigenvalue weighted by molar-refractivity contribution is 7.23. The van der Waals surface area contributed by atoms with Crippen molar-refractivity contribution in [3.8, 4) is 11.4 Å². The van der Waals surface area contributed by atoms with Crippen LogP contribution < -0.4 is 4.57 Å². The lowest BCUT2D eigenvalue weighted by Gasteiger charge is -1.92. The van der Waals surface area contributed by atoms with Crippen molar-refractivity contribution in [2.45, 2.75) is 6.54 Å². The second-order valence-corrected chi connectivity index (χ2v) is 5.92. The first-order valence-corrected chi connectivity index (χ1v) is 7.09. The molecule has 4 heteroatoms. The monoisotopic (exact) mass is 264 g/mol. The Hall–Kier alpha value is -2.20. The zero-order valence-corrected chi connectivity index (χ0v) is 10.9. The summed E-state index contributed by atoms with van der Waals surface area (Å²) in [5, 5.41) is 0. The summed E-state index contributed by atoms with van der Waals surface area (Å²) in [6, 6.07) is 10.7. The average molecular weight is 264 g/mol. The smallest absolute Gasteiger partial charge is 0.264 e. The number of hydrogen-bond donors (Lipinski definition) is 0. The van der Waals surface area contributed by atoms with E-state index in [2.05, 4.69) is 50.5 Å². The van der Waals surface area contributed by atoms with Gasteiger partial charge in [-0.2, -0.15) is 4.40 Å². The van der Waals surface area contributed by atoms with Gasteiger partial charge in [0.2, 0.25) is 4.83 Å². The van der Waals surface area contributed by atoms with Crippen molar-refractivity contribution in [1.82, 2.24) is 9.38 Å². The lowest BCUT2D eigenvalue weighted by Crippen LogP contribution is -2.29. The molecule has 0 aliphatic carbocycles. The molecule has 0 saturated carbocycles. The molecule has 0 fully saturated rings. The molecule has 0 unspecified atom stereocenters. The van der Waals surface area contributed by atoms with E-state index in [9.17, 15) is 0 Å². The molecule has 1 aliphatic rings. The predicted octanol–water partition coefficient (Wildman–Crippen LogP) is 2.87. The summed E-state index contributed by atoms with van der Waals surface area (Å²) in [5.41, 5.74) is 3.90. The number of imidazole rings is 1. The first-order chi connectivity index (χ1) is 9.42. The van der Waals surface area contributed by atoms with E-state index in [0.717, 1.165) is 6.54 Å². The fourth-order valence-corrected chi connectivity index (χ4v) is 4.07. The Morgan fingerprint density at radius 1 is 1.21 bits per heavy atom. The summed E-state index contributed by atoms with van der Waals surface area (Å²) >= 11 is 1.85.